The van der Waals surface area contributed by atoms with Crippen LogP contribution in [-0.4, -0.2) is 12.7 Å². The second-order valence-electron chi connectivity index (χ2n) is 5.22. The summed E-state index contributed by atoms with van der Waals surface area (Å²) in [7, 11) is 0. The van der Waals surface area contributed by atoms with E-state index in [1.165, 1.54) is 6.08 Å². The molecule has 0 spiro atoms. The van der Waals surface area contributed by atoms with Gasteiger partial charge in [0.15, 0.2) is 11.5 Å². The number of aryl methyl sites for hydroxylation is 1. The number of amides is 1. The van der Waals surface area contributed by atoms with Gasteiger partial charge in [0.05, 0.1) is 0 Å². The van der Waals surface area contributed by atoms with Gasteiger partial charge in [-0.3, -0.25) is 4.79 Å². The average Bonchev–Trinajstić information content (AvgIpc) is 2.99. The summed E-state index contributed by atoms with van der Waals surface area (Å²) in [5.41, 5.74) is 2.32. The number of hydrogen-bond acceptors (Lipinski definition) is 4. The van der Waals surface area contributed by atoms with E-state index in [9.17, 15) is 10.1 Å². The van der Waals surface area contributed by atoms with Crippen molar-refractivity contribution < 1.29 is 14.3 Å². The minimum absolute atomic E-state index is 0.00364. The molecule has 0 bridgehead atoms. The van der Waals surface area contributed by atoms with Crippen molar-refractivity contribution in [3.8, 4) is 17.6 Å². The molecule has 0 atom stereocenters. The van der Waals surface area contributed by atoms with Gasteiger partial charge in [0.1, 0.15) is 11.6 Å². The zero-order valence-electron chi connectivity index (χ0n) is 12.8. The molecule has 1 aliphatic rings. The summed E-state index contributed by atoms with van der Waals surface area (Å²) in [5.74, 6) is 0.746. The first-order valence-electron chi connectivity index (χ1n) is 7.16. The van der Waals surface area contributed by atoms with Crippen molar-refractivity contribution in [3.05, 3.63) is 57.6 Å². The van der Waals surface area contributed by atoms with Gasteiger partial charge >= 0.3 is 0 Å². The van der Waals surface area contributed by atoms with Crippen molar-refractivity contribution in [2.45, 2.75) is 6.92 Å². The minimum Gasteiger partial charge on any atom is -0.454 e. The lowest BCUT2D eigenvalue weighted by atomic mass is 10.1. The topological polar surface area (TPSA) is 71.4 Å². The molecule has 1 N–H and O–H groups in total. The molecule has 24 heavy (non-hydrogen) atoms. The van der Waals surface area contributed by atoms with E-state index in [0.717, 1.165) is 5.56 Å². The van der Waals surface area contributed by atoms with E-state index < -0.39 is 5.91 Å². The highest BCUT2D eigenvalue weighted by Gasteiger charge is 2.17. The number of benzene rings is 2. The summed E-state index contributed by atoms with van der Waals surface area (Å²) in [6.07, 6.45) is 1.51. The van der Waals surface area contributed by atoms with Gasteiger partial charge in [-0.25, -0.2) is 0 Å². The highest BCUT2D eigenvalue weighted by Crippen LogP contribution is 2.37. The smallest absolute Gasteiger partial charge is 0.266 e. The lowest BCUT2D eigenvalue weighted by Crippen LogP contribution is -2.13. The maximum absolute atomic E-state index is 12.3. The Morgan fingerprint density at radius 3 is 2.75 bits per heavy atom. The number of nitrogens with one attached hydrogen (secondary N) is 1. The highest BCUT2D eigenvalue weighted by atomic mass is 79.9. The van der Waals surface area contributed by atoms with E-state index in [1.807, 2.05) is 31.2 Å². The Kier molecular flexibility index (Phi) is 4.54. The van der Waals surface area contributed by atoms with Crippen LogP contribution in [-0.2, 0) is 4.79 Å². The zero-order valence-corrected chi connectivity index (χ0v) is 14.4. The van der Waals surface area contributed by atoms with Crippen LogP contribution < -0.4 is 14.8 Å². The van der Waals surface area contributed by atoms with Crippen LogP contribution in [0.1, 0.15) is 11.1 Å². The molecule has 2 aromatic carbocycles. The van der Waals surface area contributed by atoms with Gasteiger partial charge < -0.3 is 14.8 Å². The second kappa shape index (κ2) is 6.77. The fourth-order valence-corrected chi connectivity index (χ4v) is 2.71. The maximum Gasteiger partial charge on any atom is 0.266 e. The van der Waals surface area contributed by atoms with E-state index in [4.69, 9.17) is 9.47 Å². The lowest BCUT2D eigenvalue weighted by molar-refractivity contribution is -0.112. The van der Waals surface area contributed by atoms with Crippen molar-refractivity contribution in [1.82, 2.24) is 0 Å². The number of hydrogen-bond donors (Lipinski definition) is 1. The molecule has 0 radical (unpaired) electrons. The highest BCUT2D eigenvalue weighted by molar-refractivity contribution is 9.10. The number of carbonyl (C=O) groups is 1. The van der Waals surface area contributed by atoms with Crippen LogP contribution >= 0.6 is 15.9 Å². The van der Waals surface area contributed by atoms with Gasteiger partial charge in [-0.15, -0.1) is 0 Å². The Morgan fingerprint density at radius 2 is 2.04 bits per heavy atom. The van der Waals surface area contributed by atoms with Crippen LogP contribution in [0, 0.1) is 18.3 Å². The molecule has 2 aromatic rings. The molecule has 5 nitrogen and oxygen atoms in total. The Balaban J connectivity index is 1.87. The largest absolute Gasteiger partial charge is 0.454 e. The van der Waals surface area contributed by atoms with Gasteiger partial charge in [-0.2, -0.15) is 5.26 Å². The molecule has 1 amide bonds. The summed E-state index contributed by atoms with van der Waals surface area (Å²) in [5, 5.41) is 12.0. The summed E-state index contributed by atoms with van der Waals surface area (Å²) < 4.78 is 11.3. The first-order chi connectivity index (χ1) is 11.6. The molecule has 0 aromatic heterocycles. The predicted octanol–water partition coefficient (Wildman–Crippen LogP) is 4.03. The standard InChI is InChI=1S/C18H13BrN2O3/c1-11-3-2-4-14(5-11)21-18(22)13(9-20)6-12-7-16-17(8-15(12)19)24-10-23-16/h2-8H,10H2,1H3,(H,21,22)/b13-6+. The van der Waals surface area contributed by atoms with Crippen molar-refractivity contribution >= 4 is 33.6 Å². The number of nitriles is 1. The van der Waals surface area contributed by atoms with E-state index >= 15 is 0 Å². The van der Waals surface area contributed by atoms with Crippen molar-refractivity contribution in [2.75, 3.05) is 12.1 Å². The monoisotopic (exact) mass is 384 g/mol. The first kappa shape index (κ1) is 16.1. The second-order valence-corrected chi connectivity index (χ2v) is 6.07. The van der Waals surface area contributed by atoms with Crippen molar-refractivity contribution in [2.24, 2.45) is 0 Å². The van der Waals surface area contributed by atoms with E-state index in [0.29, 0.717) is 27.2 Å². The van der Waals surface area contributed by atoms with Crippen LogP contribution in [0.15, 0.2) is 46.4 Å². The molecule has 0 saturated heterocycles. The van der Waals surface area contributed by atoms with E-state index in [2.05, 4.69) is 21.2 Å². The van der Waals surface area contributed by atoms with Crippen molar-refractivity contribution in [1.29, 1.82) is 5.26 Å². The fraction of sp³-hybridized carbons (Fsp3) is 0.111. The molecule has 0 unspecified atom stereocenters. The minimum atomic E-state index is -0.465. The quantitative estimate of drug-likeness (QED) is 0.640. The third-order valence-electron chi connectivity index (χ3n) is 3.43. The molecule has 1 aliphatic heterocycles. The van der Waals surface area contributed by atoms with Crippen molar-refractivity contribution in [3.63, 3.8) is 0 Å². The Bertz CT molecular complexity index is 884. The van der Waals surface area contributed by atoms with E-state index in [1.54, 1.807) is 18.2 Å². The van der Waals surface area contributed by atoms with Gasteiger partial charge in [0, 0.05) is 10.2 Å². The average molecular weight is 385 g/mol. The summed E-state index contributed by atoms with van der Waals surface area (Å²) in [6, 6.07) is 12.8. The predicted molar refractivity (Wildman–Crippen MR) is 93.7 cm³/mol. The number of rotatable bonds is 3. The van der Waals surface area contributed by atoms with Crippen LogP contribution in [0.25, 0.3) is 6.08 Å². The normalized spacial score (nSPS) is 12.6. The summed E-state index contributed by atoms with van der Waals surface area (Å²) in [4.78, 5) is 12.3. The zero-order chi connectivity index (χ0) is 17.1. The third kappa shape index (κ3) is 3.42. The van der Waals surface area contributed by atoms with Gasteiger partial charge in [0.25, 0.3) is 5.91 Å². The summed E-state index contributed by atoms with van der Waals surface area (Å²) in [6.45, 7) is 2.09. The Hall–Kier alpha value is -2.78. The van der Waals surface area contributed by atoms with E-state index in [-0.39, 0.29) is 12.4 Å². The molecule has 0 saturated carbocycles. The Morgan fingerprint density at radius 1 is 1.29 bits per heavy atom. The van der Waals surface area contributed by atoms with Gasteiger partial charge in [-0.1, -0.05) is 28.1 Å². The molecule has 6 heteroatoms. The number of nitrogens with zero attached hydrogens (tertiary/aromatic N) is 1. The third-order valence-corrected chi connectivity index (χ3v) is 4.12. The molecule has 120 valence electrons. The van der Waals surface area contributed by atoms with Crippen LogP contribution in [0.2, 0.25) is 0 Å². The molecule has 3 rings (SSSR count). The van der Waals surface area contributed by atoms with Gasteiger partial charge in [0.2, 0.25) is 6.79 Å². The number of anilines is 1. The van der Waals surface area contributed by atoms with Gasteiger partial charge in [-0.05, 0) is 48.4 Å². The SMILES string of the molecule is Cc1cccc(NC(=O)/C(C#N)=C/c2cc3c(cc2Br)OCO3)c1. The number of halogens is 1. The van der Waals surface area contributed by atoms with Crippen LogP contribution in [0.5, 0.6) is 11.5 Å². The lowest BCUT2D eigenvalue weighted by Gasteiger charge is -2.06. The van der Waals surface area contributed by atoms with Crippen LogP contribution in [0.3, 0.4) is 0 Å². The molecular formula is C18H13BrN2O3. The number of carbonyl (C=O) groups excluding carboxylic acids is 1. The number of ether oxygens (including phenoxy) is 2. The maximum atomic E-state index is 12.3. The first-order valence-corrected chi connectivity index (χ1v) is 7.95. The Labute approximate surface area is 147 Å². The molecule has 0 fully saturated rings. The molecule has 0 aliphatic carbocycles. The molecular weight excluding hydrogens is 372 g/mol. The number of fused-ring (bicyclic) bond motifs is 1. The van der Waals surface area contributed by atoms with Crippen LogP contribution in [0.4, 0.5) is 5.69 Å². The molecule has 1 heterocycles. The fourth-order valence-electron chi connectivity index (χ4n) is 2.27. The summed E-state index contributed by atoms with van der Waals surface area (Å²) >= 11 is 3.41.